The molecule has 2 nitrogen and oxygen atoms in total. The molecule has 1 atom stereocenters. The third kappa shape index (κ3) is 3.74. The number of nitrogens with zero attached hydrogens (tertiary/aromatic N) is 1. The van der Waals surface area contributed by atoms with Crippen molar-refractivity contribution in [3.05, 3.63) is 0 Å². The van der Waals surface area contributed by atoms with Gasteiger partial charge in [-0.15, -0.1) is 24.8 Å². The standard InChI is InChI=1S/C8H15NO.2ClH/c1-2-9-6-4-3-5-8(9)7-10;;/h7-8H,2-6H2,1H3;2*1H/t8-;;/m0../s1. The van der Waals surface area contributed by atoms with Gasteiger partial charge < -0.3 is 4.79 Å². The second kappa shape index (κ2) is 7.84. The first-order valence-electron chi connectivity index (χ1n) is 4.08. The van der Waals surface area contributed by atoms with Crippen LogP contribution in [0.1, 0.15) is 26.2 Å². The summed E-state index contributed by atoms with van der Waals surface area (Å²) in [6.45, 7) is 4.24. The van der Waals surface area contributed by atoms with Gasteiger partial charge in [0.1, 0.15) is 6.29 Å². The third-order valence-corrected chi connectivity index (χ3v) is 2.23. The van der Waals surface area contributed by atoms with Crippen molar-refractivity contribution in [2.24, 2.45) is 0 Å². The van der Waals surface area contributed by atoms with Crippen LogP contribution < -0.4 is 0 Å². The van der Waals surface area contributed by atoms with Crippen LogP contribution in [0.5, 0.6) is 0 Å². The van der Waals surface area contributed by atoms with Crippen molar-refractivity contribution in [3.63, 3.8) is 0 Å². The van der Waals surface area contributed by atoms with E-state index in [0.717, 1.165) is 25.8 Å². The Labute approximate surface area is 86.5 Å². The number of halogens is 2. The topological polar surface area (TPSA) is 20.3 Å². The Kier molecular flexibility index (Phi) is 9.61. The van der Waals surface area contributed by atoms with Gasteiger partial charge in [0.15, 0.2) is 0 Å². The predicted molar refractivity (Wildman–Crippen MR) is 55.4 cm³/mol. The molecule has 0 N–H and O–H groups in total. The molecule has 1 aliphatic heterocycles. The van der Waals surface area contributed by atoms with E-state index in [0.29, 0.717) is 0 Å². The summed E-state index contributed by atoms with van der Waals surface area (Å²) in [6.07, 6.45) is 4.64. The minimum absolute atomic E-state index is 0. The fourth-order valence-electron chi connectivity index (χ4n) is 1.56. The van der Waals surface area contributed by atoms with Gasteiger partial charge in [-0.25, -0.2) is 0 Å². The Morgan fingerprint density at radius 3 is 2.50 bits per heavy atom. The molecule has 0 saturated carbocycles. The maximum atomic E-state index is 10.5. The average molecular weight is 214 g/mol. The van der Waals surface area contributed by atoms with Crippen LogP contribution in [0.3, 0.4) is 0 Å². The number of rotatable bonds is 2. The fourth-order valence-corrected chi connectivity index (χ4v) is 1.56. The SMILES string of the molecule is CCN1CCCC[C@H]1C=O.Cl.Cl. The average Bonchev–Trinajstić information content (AvgIpc) is 2.04. The molecule has 1 rings (SSSR count). The van der Waals surface area contributed by atoms with Gasteiger partial charge in [0, 0.05) is 0 Å². The van der Waals surface area contributed by atoms with E-state index >= 15 is 0 Å². The van der Waals surface area contributed by atoms with Crippen LogP contribution in [0.25, 0.3) is 0 Å². The summed E-state index contributed by atoms with van der Waals surface area (Å²) < 4.78 is 0. The zero-order valence-electron chi connectivity index (χ0n) is 7.36. The van der Waals surface area contributed by atoms with E-state index in [2.05, 4.69) is 11.8 Å². The van der Waals surface area contributed by atoms with Gasteiger partial charge in [0.05, 0.1) is 6.04 Å². The Hall–Kier alpha value is 0.210. The lowest BCUT2D eigenvalue weighted by atomic mass is 10.0. The quantitative estimate of drug-likeness (QED) is 0.654. The van der Waals surface area contributed by atoms with Gasteiger partial charge in [-0.1, -0.05) is 13.3 Å². The Balaban J connectivity index is 0. The molecule has 12 heavy (non-hydrogen) atoms. The van der Waals surface area contributed by atoms with E-state index in [-0.39, 0.29) is 30.9 Å². The molecule has 0 aromatic heterocycles. The number of likely N-dealkylation sites (tertiary alicyclic amines) is 1. The molecule has 4 heteroatoms. The Morgan fingerprint density at radius 1 is 1.42 bits per heavy atom. The highest BCUT2D eigenvalue weighted by molar-refractivity contribution is 5.85. The van der Waals surface area contributed by atoms with Gasteiger partial charge >= 0.3 is 0 Å². The fraction of sp³-hybridized carbons (Fsp3) is 0.875. The van der Waals surface area contributed by atoms with E-state index in [4.69, 9.17) is 0 Å². The van der Waals surface area contributed by atoms with Crippen LogP contribution >= 0.6 is 24.8 Å². The first kappa shape index (κ1) is 14.7. The van der Waals surface area contributed by atoms with Crippen LogP contribution in [0.2, 0.25) is 0 Å². The van der Waals surface area contributed by atoms with Crippen LogP contribution in [0.15, 0.2) is 0 Å². The zero-order chi connectivity index (χ0) is 7.40. The minimum atomic E-state index is 0. The monoisotopic (exact) mass is 213 g/mol. The Bertz CT molecular complexity index is 122. The highest BCUT2D eigenvalue weighted by Crippen LogP contribution is 2.14. The highest BCUT2D eigenvalue weighted by atomic mass is 35.5. The molecule has 0 aliphatic carbocycles. The highest BCUT2D eigenvalue weighted by Gasteiger charge is 2.19. The van der Waals surface area contributed by atoms with Gasteiger partial charge in [-0.3, -0.25) is 4.90 Å². The van der Waals surface area contributed by atoms with Gasteiger partial charge in [-0.05, 0) is 25.9 Å². The van der Waals surface area contributed by atoms with E-state index < -0.39 is 0 Å². The van der Waals surface area contributed by atoms with Gasteiger partial charge in [0.25, 0.3) is 0 Å². The maximum absolute atomic E-state index is 10.5. The first-order valence-corrected chi connectivity index (χ1v) is 4.08. The molecule has 0 radical (unpaired) electrons. The summed E-state index contributed by atoms with van der Waals surface area (Å²) in [5.41, 5.74) is 0. The Morgan fingerprint density at radius 2 is 2.08 bits per heavy atom. The number of carbonyl (C=O) groups is 1. The van der Waals surface area contributed by atoms with Crippen molar-refractivity contribution in [3.8, 4) is 0 Å². The molecule has 0 unspecified atom stereocenters. The predicted octanol–water partition coefficient (Wildman–Crippen LogP) is 1.90. The summed E-state index contributed by atoms with van der Waals surface area (Å²) in [5, 5.41) is 0. The lowest BCUT2D eigenvalue weighted by Gasteiger charge is -2.30. The number of aldehydes is 1. The lowest BCUT2D eigenvalue weighted by molar-refractivity contribution is -0.113. The van der Waals surface area contributed by atoms with E-state index in [1.54, 1.807) is 0 Å². The third-order valence-electron chi connectivity index (χ3n) is 2.23. The van der Waals surface area contributed by atoms with Crippen molar-refractivity contribution < 1.29 is 4.79 Å². The molecule has 0 amide bonds. The largest absolute Gasteiger partial charge is 0.302 e. The summed E-state index contributed by atoms with van der Waals surface area (Å²) in [4.78, 5) is 12.7. The summed E-state index contributed by atoms with van der Waals surface area (Å²) in [5.74, 6) is 0. The normalized spacial score (nSPS) is 23.6. The van der Waals surface area contributed by atoms with E-state index in [1.165, 1.54) is 12.8 Å². The number of hydrogen-bond acceptors (Lipinski definition) is 2. The molecule has 1 fully saturated rings. The number of piperidine rings is 1. The smallest absolute Gasteiger partial charge is 0.137 e. The van der Waals surface area contributed by atoms with Crippen molar-refractivity contribution >= 4 is 31.1 Å². The number of carbonyl (C=O) groups excluding carboxylic acids is 1. The molecule has 1 heterocycles. The van der Waals surface area contributed by atoms with E-state index in [9.17, 15) is 4.79 Å². The second-order valence-corrected chi connectivity index (χ2v) is 2.83. The minimum Gasteiger partial charge on any atom is -0.302 e. The molecular weight excluding hydrogens is 197 g/mol. The van der Waals surface area contributed by atoms with Crippen molar-refractivity contribution in [2.75, 3.05) is 13.1 Å². The van der Waals surface area contributed by atoms with Crippen LogP contribution in [-0.4, -0.2) is 30.3 Å². The molecule has 0 spiro atoms. The van der Waals surface area contributed by atoms with Crippen LogP contribution in [-0.2, 0) is 4.79 Å². The number of hydrogen-bond donors (Lipinski definition) is 0. The molecule has 0 aromatic carbocycles. The molecule has 1 aliphatic rings. The van der Waals surface area contributed by atoms with Crippen molar-refractivity contribution in [2.45, 2.75) is 32.2 Å². The van der Waals surface area contributed by atoms with Crippen molar-refractivity contribution in [1.82, 2.24) is 4.90 Å². The van der Waals surface area contributed by atoms with Crippen LogP contribution in [0, 0.1) is 0 Å². The van der Waals surface area contributed by atoms with Gasteiger partial charge in [0.2, 0.25) is 0 Å². The molecule has 1 saturated heterocycles. The summed E-state index contributed by atoms with van der Waals surface area (Å²) >= 11 is 0. The molecular formula is C8H17Cl2NO. The van der Waals surface area contributed by atoms with E-state index in [1.807, 2.05) is 0 Å². The number of likely N-dealkylation sites (N-methyl/N-ethyl adjacent to an activating group) is 1. The molecule has 74 valence electrons. The zero-order valence-corrected chi connectivity index (χ0v) is 9.00. The van der Waals surface area contributed by atoms with Crippen molar-refractivity contribution in [1.29, 1.82) is 0 Å². The van der Waals surface area contributed by atoms with Crippen LogP contribution in [0.4, 0.5) is 0 Å². The summed E-state index contributed by atoms with van der Waals surface area (Å²) in [6, 6.07) is 0.221. The lowest BCUT2D eigenvalue weighted by Crippen LogP contribution is -2.40. The van der Waals surface area contributed by atoms with Gasteiger partial charge in [-0.2, -0.15) is 0 Å². The molecule has 0 aromatic rings. The molecule has 0 bridgehead atoms. The second-order valence-electron chi connectivity index (χ2n) is 2.83. The maximum Gasteiger partial charge on any atom is 0.137 e. The summed E-state index contributed by atoms with van der Waals surface area (Å²) in [7, 11) is 0. The first-order chi connectivity index (χ1) is 4.88.